The fourth-order valence-electron chi connectivity index (χ4n) is 1.86. The molecule has 0 saturated heterocycles. The minimum absolute atomic E-state index is 0.228. The van der Waals surface area contributed by atoms with Gasteiger partial charge in [0.15, 0.2) is 0 Å². The molecule has 1 heterocycles. The summed E-state index contributed by atoms with van der Waals surface area (Å²) in [6.07, 6.45) is 3.74. The first kappa shape index (κ1) is 13.1. The highest BCUT2D eigenvalue weighted by atomic mass is 16.2. The Bertz CT molecular complexity index is 311. The normalized spacial score (nSPS) is 13.0. The Labute approximate surface area is 96.6 Å². The second-order valence-corrected chi connectivity index (χ2v) is 4.10. The maximum absolute atomic E-state index is 8.82. The van der Waals surface area contributed by atoms with E-state index in [4.69, 9.17) is 10.8 Å². The van der Waals surface area contributed by atoms with Crippen molar-refractivity contribution in [3.63, 3.8) is 0 Å². The fraction of sp³-hybridized carbons (Fsp3) is 0.818. The summed E-state index contributed by atoms with van der Waals surface area (Å²) in [7, 11) is 0. The average molecular weight is 226 g/mol. The van der Waals surface area contributed by atoms with Crippen molar-refractivity contribution in [2.24, 2.45) is 5.73 Å². The topological polar surface area (TPSA) is 77.0 Å². The van der Waals surface area contributed by atoms with Gasteiger partial charge in [0, 0.05) is 13.2 Å². The van der Waals surface area contributed by atoms with Gasteiger partial charge in [-0.05, 0) is 26.2 Å². The van der Waals surface area contributed by atoms with Crippen molar-refractivity contribution < 1.29 is 5.11 Å². The number of aliphatic hydroxyl groups is 1. The van der Waals surface area contributed by atoms with Crippen LogP contribution in [0.4, 0.5) is 0 Å². The molecule has 92 valence electrons. The van der Waals surface area contributed by atoms with E-state index in [0.29, 0.717) is 6.54 Å². The van der Waals surface area contributed by atoms with Crippen molar-refractivity contribution in [3.05, 3.63) is 11.4 Å². The lowest BCUT2D eigenvalue weighted by Crippen LogP contribution is -2.12. The lowest BCUT2D eigenvalue weighted by molar-refractivity contribution is 0.269. The van der Waals surface area contributed by atoms with E-state index in [0.717, 1.165) is 37.1 Å². The molecule has 1 unspecified atom stereocenters. The zero-order valence-electron chi connectivity index (χ0n) is 10.2. The average Bonchev–Trinajstić information content (AvgIpc) is 2.69. The lowest BCUT2D eigenvalue weighted by Gasteiger charge is -2.14. The zero-order valence-corrected chi connectivity index (χ0v) is 10.2. The first-order valence-electron chi connectivity index (χ1n) is 5.98. The minimum atomic E-state index is 0.228. The number of hydrogen-bond donors (Lipinski definition) is 2. The standard InChI is InChI=1S/C11H22N4O/c1-3-5-11-10(8-12)13-14-15(11)9(2)6-4-7-16/h9,16H,3-8,12H2,1-2H3. The monoisotopic (exact) mass is 226 g/mol. The Balaban J connectivity index is 2.81. The Morgan fingerprint density at radius 3 is 2.81 bits per heavy atom. The highest BCUT2D eigenvalue weighted by molar-refractivity contribution is 5.10. The third kappa shape index (κ3) is 3.02. The molecule has 0 spiro atoms. The Kier molecular flexibility index (Phi) is 5.42. The highest BCUT2D eigenvalue weighted by Crippen LogP contribution is 2.17. The van der Waals surface area contributed by atoms with Crippen LogP contribution in [0.3, 0.4) is 0 Å². The molecule has 0 fully saturated rings. The summed E-state index contributed by atoms with van der Waals surface area (Å²) in [6.45, 7) is 4.91. The number of nitrogens with two attached hydrogens (primary N) is 1. The molecule has 5 nitrogen and oxygen atoms in total. The molecular formula is C11H22N4O. The molecule has 0 aromatic carbocycles. The van der Waals surface area contributed by atoms with Crippen LogP contribution < -0.4 is 5.73 Å². The van der Waals surface area contributed by atoms with Gasteiger partial charge in [-0.25, -0.2) is 4.68 Å². The van der Waals surface area contributed by atoms with E-state index >= 15 is 0 Å². The van der Waals surface area contributed by atoms with E-state index in [-0.39, 0.29) is 12.6 Å². The quantitative estimate of drug-likeness (QED) is 0.727. The number of nitrogens with zero attached hydrogens (tertiary/aromatic N) is 3. The fourth-order valence-corrected chi connectivity index (χ4v) is 1.86. The zero-order chi connectivity index (χ0) is 12.0. The Hall–Kier alpha value is -0.940. The summed E-state index contributed by atoms with van der Waals surface area (Å²) >= 11 is 0. The molecule has 0 aliphatic rings. The number of aromatic nitrogens is 3. The number of hydrogen-bond acceptors (Lipinski definition) is 4. The molecule has 5 heteroatoms. The van der Waals surface area contributed by atoms with Crippen molar-refractivity contribution in [1.82, 2.24) is 15.0 Å². The van der Waals surface area contributed by atoms with Gasteiger partial charge in [-0.2, -0.15) is 0 Å². The van der Waals surface area contributed by atoms with Gasteiger partial charge in [0.1, 0.15) is 0 Å². The van der Waals surface area contributed by atoms with Gasteiger partial charge in [-0.1, -0.05) is 18.6 Å². The van der Waals surface area contributed by atoms with Gasteiger partial charge in [0.05, 0.1) is 17.4 Å². The predicted molar refractivity (Wildman–Crippen MR) is 62.9 cm³/mol. The second kappa shape index (κ2) is 6.60. The van der Waals surface area contributed by atoms with Crippen molar-refractivity contribution in [1.29, 1.82) is 0 Å². The van der Waals surface area contributed by atoms with Gasteiger partial charge in [-0.3, -0.25) is 0 Å². The lowest BCUT2D eigenvalue weighted by atomic mass is 10.1. The molecule has 16 heavy (non-hydrogen) atoms. The van der Waals surface area contributed by atoms with Gasteiger partial charge in [-0.15, -0.1) is 5.10 Å². The molecule has 0 aliphatic heterocycles. The van der Waals surface area contributed by atoms with Gasteiger partial charge < -0.3 is 10.8 Å². The summed E-state index contributed by atoms with van der Waals surface area (Å²) in [5, 5.41) is 17.1. The van der Waals surface area contributed by atoms with Crippen LogP contribution in [0.5, 0.6) is 0 Å². The summed E-state index contributed by atoms with van der Waals surface area (Å²) < 4.78 is 1.96. The summed E-state index contributed by atoms with van der Waals surface area (Å²) in [4.78, 5) is 0. The first-order chi connectivity index (χ1) is 7.74. The molecule has 1 aromatic heterocycles. The Morgan fingerprint density at radius 2 is 2.25 bits per heavy atom. The summed E-state index contributed by atoms with van der Waals surface area (Å²) in [5.41, 5.74) is 7.69. The molecule has 1 rings (SSSR count). The number of rotatable bonds is 7. The van der Waals surface area contributed by atoms with Crippen LogP contribution in [0.25, 0.3) is 0 Å². The van der Waals surface area contributed by atoms with Crippen LogP contribution in [0.1, 0.15) is 50.5 Å². The third-order valence-electron chi connectivity index (χ3n) is 2.75. The van der Waals surface area contributed by atoms with E-state index in [1.165, 1.54) is 0 Å². The molecule has 1 atom stereocenters. The summed E-state index contributed by atoms with van der Waals surface area (Å²) in [5.74, 6) is 0. The molecular weight excluding hydrogens is 204 g/mol. The van der Waals surface area contributed by atoms with Gasteiger partial charge in [0.2, 0.25) is 0 Å². The molecule has 0 radical (unpaired) electrons. The largest absolute Gasteiger partial charge is 0.396 e. The maximum atomic E-state index is 8.82. The van der Waals surface area contributed by atoms with Crippen LogP contribution in [-0.2, 0) is 13.0 Å². The van der Waals surface area contributed by atoms with Crippen molar-refractivity contribution in [2.45, 2.75) is 52.1 Å². The van der Waals surface area contributed by atoms with E-state index in [1.807, 2.05) is 4.68 Å². The molecule has 0 amide bonds. The highest BCUT2D eigenvalue weighted by Gasteiger charge is 2.15. The van der Waals surface area contributed by atoms with Gasteiger partial charge in [0.25, 0.3) is 0 Å². The van der Waals surface area contributed by atoms with Crippen LogP contribution in [0.15, 0.2) is 0 Å². The van der Waals surface area contributed by atoms with Crippen molar-refractivity contribution in [2.75, 3.05) is 6.61 Å². The van der Waals surface area contributed by atoms with Crippen LogP contribution in [0, 0.1) is 0 Å². The molecule has 0 saturated carbocycles. The smallest absolute Gasteiger partial charge is 0.0994 e. The first-order valence-corrected chi connectivity index (χ1v) is 5.98. The SMILES string of the molecule is CCCc1c(CN)nnn1C(C)CCCO. The van der Waals surface area contributed by atoms with Crippen molar-refractivity contribution >= 4 is 0 Å². The van der Waals surface area contributed by atoms with Crippen LogP contribution in [-0.4, -0.2) is 26.7 Å². The van der Waals surface area contributed by atoms with E-state index in [1.54, 1.807) is 0 Å². The van der Waals surface area contributed by atoms with Gasteiger partial charge >= 0.3 is 0 Å². The molecule has 0 bridgehead atoms. The maximum Gasteiger partial charge on any atom is 0.0994 e. The molecule has 0 aliphatic carbocycles. The Morgan fingerprint density at radius 1 is 1.50 bits per heavy atom. The number of aliphatic hydroxyl groups excluding tert-OH is 1. The second-order valence-electron chi connectivity index (χ2n) is 4.10. The third-order valence-corrected chi connectivity index (χ3v) is 2.75. The molecule has 3 N–H and O–H groups in total. The van der Waals surface area contributed by atoms with E-state index in [9.17, 15) is 0 Å². The minimum Gasteiger partial charge on any atom is -0.396 e. The summed E-state index contributed by atoms with van der Waals surface area (Å²) in [6, 6.07) is 0.279. The van der Waals surface area contributed by atoms with Crippen molar-refractivity contribution in [3.8, 4) is 0 Å². The van der Waals surface area contributed by atoms with Crippen LogP contribution >= 0.6 is 0 Å². The van der Waals surface area contributed by atoms with E-state index in [2.05, 4.69) is 24.2 Å². The van der Waals surface area contributed by atoms with Crippen LogP contribution in [0.2, 0.25) is 0 Å². The van der Waals surface area contributed by atoms with E-state index < -0.39 is 0 Å². The predicted octanol–water partition coefficient (Wildman–Crippen LogP) is 1.02. The molecule has 1 aromatic rings.